The van der Waals surface area contributed by atoms with Gasteiger partial charge in [-0.3, -0.25) is 19.4 Å². The molecule has 0 saturated carbocycles. The largest absolute Gasteiger partial charge is 0.480 e. The highest BCUT2D eigenvalue weighted by Crippen LogP contribution is 2.20. The van der Waals surface area contributed by atoms with Crippen LogP contribution in [0.15, 0.2) is 0 Å². The second-order valence-corrected chi connectivity index (χ2v) is 5.06. The molecule has 2 fully saturated rings. The number of carboxylic acids is 2. The highest BCUT2D eigenvalue weighted by atomic mass is 16.4. The van der Waals surface area contributed by atoms with Gasteiger partial charge < -0.3 is 10.2 Å². The van der Waals surface area contributed by atoms with Gasteiger partial charge in [0.1, 0.15) is 12.1 Å². The Morgan fingerprint density at radius 2 is 1.28 bits per heavy atom. The number of likely N-dealkylation sites (tertiary alicyclic amines) is 2. The molecule has 2 aliphatic heterocycles. The molecule has 2 saturated heterocycles. The van der Waals surface area contributed by atoms with Crippen molar-refractivity contribution in [1.29, 1.82) is 0 Å². The van der Waals surface area contributed by atoms with E-state index in [2.05, 4.69) is 0 Å². The Balaban J connectivity index is 1.84. The van der Waals surface area contributed by atoms with Gasteiger partial charge in [-0.15, -0.1) is 0 Å². The van der Waals surface area contributed by atoms with Gasteiger partial charge in [-0.1, -0.05) is 0 Å². The van der Waals surface area contributed by atoms with E-state index in [1.807, 2.05) is 9.80 Å². The molecule has 2 N–H and O–H groups in total. The van der Waals surface area contributed by atoms with E-state index in [0.29, 0.717) is 25.9 Å². The Bertz CT molecular complexity index is 302. The number of aliphatic carboxylic acids is 2. The van der Waals surface area contributed by atoms with Crippen LogP contribution in [-0.4, -0.2) is 70.2 Å². The molecule has 0 amide bonds. The van der Waals surface area contributed by atoms with E-state index < -0.39 is 11.9 Å². The summed E-state index contributed by atoms with van der Waals surface area (Å²) < 4.78 is 0. The standard InChI is InChI=1S/C12H20N2O4/c15-11(16)9-3-1-5-13(9)7-8-14-6-2-4-10(14)12(17)18/h9-10H,1-8H2,(H,15,16)(H,17,18)/t9-,10-/m0/s1. The van der Waals surface area contributed by atoms with E-state index in [1.165, 1.54) is 0 Å². The number of hydrogen-bond donors (Lipinski definition) is 2. The first-order chi connectivity index (χ1) is 8.59. The minimum Gasteiger partial charge on any atom is -0.480 e. The normalized spacial score (nSPS) is 29.8. The lowest BCUT2D eigenvalue weighted by Crippen LogP contribution is -2.44. The summed E-state index contributed by atoms with van der Waals surface area (Å²) in [7, 11) is 0. The highest BCUT2D eigenvalue weighted by molar-refractivity contribution is 5.74. The van der Waals surface area contributed by atoms with Crippen molar-refractivity contribution in [2.24, 2.45) is 0 Å². The minimum absolute atomic E-state index is 0.379. The maximum atomic E-state index is 11.0. The lowest BCUT2D eigenvalue weighted by atomic mass is 10.2. The zero-order valence-corrected chi connectivity index (χ0v) is 10.4. The molecular weight excluding hydrogens is 236 g/mol. The van der Waals surface area contributed by atoms with Crippen LogP contribution in [0.2, 0.25) is 0 Å². The smallest absolute Gasteiger partial charge is 0.320 e. The first-order valence-corrected chi connectivity index (χ1v) is 6.53. The molecule has 2 aliphatic rings. The molecule has 0 aromatic rings. The van der Waals surface area contributed by atoms with Crippen molar-refractivity contribution in [2.75, 3.05) is 26.2 Å². The SMILES string of the molecule is O=C(O)[C@@H]1CCCN1CCN1CCC[C@H]1C(=O)O. The van der Waals surface area contributed by atoms with Gasteiger partial charge in [0.15, 0.2) is 0 Å². The molecule has 0 aromatic heterocycles. The maximum absolute atomic E-state index is 11.0. The maximum Gasteiger partial charge on any atom is 0.320 e. The molecule has 6 nitrogen and oxygen atoms in total. The van der Waals surface area contributed by atoms with Crippen LogP contribution in [0.5, 0.6) is 0 Å². The monoisotopic (exact) mass is 256 g/mol. The van der Waals surface area contributed by atoms with Crippen LogP contribution in [0.4, 0.5) is 0 Å². The van der Waals surface area contributed by atoms with E-state index >= 15 is 0 Å². The Hall–Kier alpha value is -1.14. The third-order valence-electron chi connectivity index (χ3n) is 3.97. The van der Waals surface area contributed by atoms with Crippen LogP contribution in [-0.2, 0) is 9.59 Å². The van der Waals surface area contributed by atoms with Gasteiger partial charge in [-0.2, -0.15) is 0 Å². The van der Waals surface area contributed by atoms with Crippen LogP contribution in [0.1, 0.15) is 25.7 Å². The zero-order chi connectivity index (χ0) is 13.1. The first-order valence-electron chi connectivity index (χ1n) is 6.53. The summed E-state index contributed by atoms with van der Waals surface area (Å²) >= 11 is 0. The number of nitrogens with zero attached hydrogens (tertiary/aromatic N) is 2. The Morgan fingerprint density at radius 3 is 1.61 bits per heavy atom. The highest BCUT2D eigenvalue weighted by Gasteiger charge is 2.33. The Morgan fingerprint density at radius 1 is 0.889 bits per heavy atom. The van der Waals surface area contributed by atoms with Crippen molar-refractivity contribution in [1.82, 2.24) is 9.80 Å². The van der Waals surface area contributed by atoms with E-state index in [9.17, 15) is 9.59 Å². The van der Waals surface area contributed by atoms with Crippen molar-refractivity contribution >= 4 is 11.9 Å². The average molecular weight is 256 g/mol. The third kappa shape index (κ3) is 2.81. The van der Waals surface area contributed by atoms with Crippen LogP contribution in [0.3, 0.4) is 0 Å². The van der Waals surface area contributed by atoms with E-state index in [1.54, 1.807) is 0 Å². The summed E-state index contributed by atoms with van der Waals surface area (Å²) in [5.41, 5.74) is 0. The predicted octanol–water partition coefficient (Wildman–Crippen LogP) is 0.0844. The summed E-state index contributed by atoms with van der Waals surface area (Å²) in [4.78, 5) is 26.0. The molecule has 0 spiro atoms. The van der Waals surface area contributed by atoms with Gasteiger partial charge in [0.2, 0.25) is 0 Å². The molecule has 2 rings (SSSR count). The fourth-order valence-corrected chi connectivity index (χ4v) is 3.00. The van der Waals surface area contributed by atoms with Crippen molar-refractivity contribution in [3.05, 3.63) is 0 Å². The van der Waals surface area contributed by atoms with Crippen LogP contribution < -0.4 is 0 Å². The lowest BCUT2D eigenvalue weighted by Gasteiger charge is -2.26. The van der Waals surface area contributed by atoms with Crippen LogP contribution in [0.25, 0.3) is 0 Å². The average Bonchev–Trinajstić information content (AvgIpc) is 2.94. The number of hydrogen-bond acceptors (Lipinski definition) is 4. The molecule has 18 heavy (non-hydrogen) atoms. The zero-order valence-electron chi connectivity index (χ0n) is 10.4. The van der Waals surface area contributed by atoms with Gasteiger partial charge >= 0.3 is 11.9 Å². The van der Waals surface area contributed by atoms with Crippen molar-refractivity contribution in [3.63, 3.8) is 0 Å². The summed E-state index contributed by atoms with van der Waals surface area (Å²) in [5, 5.41) is 18.1. The van der Waals surface area contributed by atoms with Gasteiger partial charge in [-0.25, -0.2) is 0 Å². The Labute approximate surface area is 106 Å². The van der Waals surface area contributed by atoms with Crippen molar-refractivity contribution < 1.29 is 19.8 Å². The second kappa shape index (κ2) is 5.67. The molecule has 2 atom stereocenters. The predicted molar refractivity (Wildman–Crippen MR) is 64.5 cm³/mol. The lowest BCUT2D eigenvalue weighted by molar-refractivity contribution is -0.144. The first kappa shape index (κ1) is 13.3. The molecule has 0 radical (unpaired) electrons. The Kier molecular flexibility index (Phi) is 4.19. The molecule has 0 aromatic carbocycles. The summed E-state index contributed by atoms with van der Waals surface area (Å²) in [5.74, 6) is -1.52. The van der Waals surface area contributed by atoms with E-state index in [-0.39, 0.29) is 12.1 Å². The fraction of sp³-hybridized carbons (Fsp3) is 0.833. The number of carbonyl (C=O) groups is 2. The van der Waals surface area contributed by atoms with Gasteiger partial charge in [0.25, 0.3) is 0 Å². The van der Waals surface area contributed by atoms with Gasteiger partial charge in [0, 0.05) is 13.1 Å². The molecule has 2 heterocycles. The molecule has 102 valence electrons. The van der Waals surface area contributed by atoms with E-state index in [0.717, 1.165) is 25.9 Å². The van der Waals surface area contributed by atoms with Crippen molar-refractivity contribution in [2.45, 2.75) is 37.8 Å². The van der Waals surface area contributed by atoms with Crippen LogP contribution >= 0.6 is 0 Å². The second-order valence-electron chi connectivity index (χ2n) is 5.06. The van der Waals surface area contributed by atoms with E-state index in [4.69, 9.17) is 10.2 Å². The molecule has 6 heteroatoms. The molecular formula is C12H20N2O4. The summed E-state index contributed by atoms with van der Waals surface area (Å²) in [6.45, 7) is 2.92. The topological polar surface area (TPSA) is 81.1 Å². The quantitative estimate of drug-likeness (QED) is 0.725. The summed E-state index contributed by atoms with van der Waals surface area (Å²) in [6.07, 6.45) is 3.24. The van der Waals surface area contributed by atoms with Crippen molar-refractivity contribution in [3.8, 4) is 0 Å². The van der Waals surface area contributed by atoms with Gasteiger partial charge in [-0.05, 0) is 38.8 Å². The fourth-order valence-electron chi connectivity index (χ4n) is 3.00. The minimum atomic E-state index is -0.760. The number of carboxylic acid groups (broad SMARTS) is 2. The van der Waals surface area contributed by atoms with Gasteiger partial charge in [0.05, 0.1) is 0 Å². The molecule has 0 aliphatic carbocycles. The number of rotatable bonds is 5. The molecule has 0 bridgehead atoms. The van der Waals surface area contributed by atoms with Crippen LogP contribution in [0, 0.1) is 0 Å². The summed E-state index contributed by atoms with van der Waals surface area (Å²) in [6, 6.07) is -0.758. The third-order valence-corrected chi connectivity index (χ3v) is 3.97. The molecule has 0 unspecified atom stereocenters.